The van der Waals surface area contributed by atoms with Crippen molar-refractivity contribution in [2.24, 2.45) is 0 Å². The van der Waals surface area contributed by atoms with Gasteiger partial charge < -0.3 is 9.84 Å². The topological polar surface area (TPSA) is 64.3 Å². The molecule has 0 spiro atoms. The van der Waals surface area contributed by atoms with Crippen LogP contribution in [-0.2, 0) is 24.2 Å². The van der Waals surface area contributed by atoms with Crippen LogP contribution < -0.4 is 4.74 Å². The van der Waals surface area contributed by atoms with Crippen molar-refractivity contribution in [3.8, 4) is 28.3 Å². The van der Waals surface area contributed by atoms with Crippen molar-refractivity contribution in [1.82, 2.24) is 9.78 Å². The van der Waals surface area contributed by atoms with Crippen molar-refractivity contribution in [3.63, 3.8) is 0 Å². The molecule has 0 atom stereocenters. The highest BCUT2D eigenvalue weighted by Crippen LogP contribution is 2.34. The van der Waals surface area contributed by atoms with E-state index in [1.807, 2.05) is 71.4 Å². The zero-order chi connectivity index (χ0) is 23.2. The summed E-state index contributed by atoms with van der Waals surface area (Å²) in [4.78, 5) is 11.0. The molecule has 1 N–H and O–H groups in total. The number of rotatable bonds is 9. The smallest absolute Gasteiger partial charge is 0.303 e. The Morgan fingerprint density at radius 3 is 2.42 bits per heavy atom. The molecule has 4 rings (SSSR count). The summed E-state index contributed by atoms with van der Waals surface area (Å²) in [5.74, 6) is -0.118. The third-order valence-corrected chi connectivity index (χ3v) is 5.79. The van der Waals surface area contributed by atoms with Gasteiger partial charge >= 0.3 is 5.97 Å². The molecule has 3 aromatic carbocycles. The van der Waals surface area contributed by atoms with Gasteiger partial charge in [0.05, 0.1) is 18.5 Å². The molecular formula is C27H25ClN2O3. The first-order valence-corrected chi connectivity index (χ1v) is 11.2. The van der Waals surface area contributed by atoms with Crippen LogP contribution in [0, 0.1) is 0 Å². The van der Waals surface area contributed by atoms with E-state index in [0.717, 1.165) is 34.5 Å². The van der Waals surface area contributed by atoms with Crippen LogP contribution in [0.5, 0.6) is 5.75 Å². The molecule has 0 bridgehead atoms. The molecule has 0 unspecified atom stereocenters. The van der Waals surface area contributed by atoms with Gasteiger partial charge in [-0.15, -0.1) is 0 Å². The predicted octanol–water partition coefficient (Wildman–Crippen LogP) is 6.14. The van der Waals surface area contributed by atoms with E-state index in [9.17, 15) is 4.79 Å². The third kappa shape index (κ3) is 5.62. The summed E-state index contributed by atoms with van der Waals surface area (Å²) >= 11 is 6.11. The second kappa shape index (κ2) is 10.4. The van der Waals surface area contributed by atoms with Crippen LogP contribution in [0.4, 0.5) is 0 Å². The van der Waals surface area contributed by atoms with Gasteiger partial charge in [-0.2, -0.15) is 5.10 Å². The van der Waals surface area contributed by atoms with Crippen LogP contribution >= 0.6 is 11.6 Å². The van der Waals surface area contributed by atoms with Crippen molar-refractivity contribution in [3.05, 3.63) is 95.0 Å². The maximum atomic E-state index is 11.0. The lowest BCUT2D eigenvalue weighted by Crippen LogP contribution is -2.05. The Bertz CT molecular complexity index is 1230. The van der Waals surface area contributed by atoms with Gasteiger partial charge in [-0.3, -0.25) is 9.48 Å². The maximum Gasteiger partial charge on any atom is 0.303 e. The Hall–Kier alpha value is -3.57. The highest BCUT2D eigenvalue weighted by atomic mass is 35.5. The Labute approximate surface area is 198 Å². The lowest BCUT2D eigenvalue weighted by molar-refractivity contribution is -0.136. The first-order chi connectivity index (χ1) is 16.0. The van der Waals surface area contributed by atoms with Crippen LogP contribution in [0.15, 0.2) is 78.9 Å². The molecule has 0 aliphatic heterocycles. The highest BCUT2D eigenvalue weighted by molar-refractivity contribution is 6.30. The fourth-order valence-electron chi connectivity index (χ4n) is 3.81. The first kappa shape index (κ1) is 22.6. The molecule has 0 saturated heterocycles. The Balaban J connectivity index is 1.73. The fourth-order valence-corrected chi connectivity index (χ4v) is 3.94. The molecule has 4 aromatic rings. The number of aromatic nitrogens is 2. The van der Waals surface area contributed by atoms with Crippen LogP contribution in [-0.4, -0.2) is 28.0 Å². The molecule has 168 valence electrons. The molecule has 0 radical (unpaired) electrons. The van der Waals surface area contributed by atoms with Crippen molar-refractivity contribution in [2.75, 3.05) is 7.11 Å². The van der Waals surface area contributed by atoms with Crippen molar-refractivity contribution < 1.29 is 14.6 Å². The van der Waals surface area contributed by atoms with Crippen LogP contribution in [0.2, 0.25) is 5.02 Å². The van der Waals surface area contributed by atoms with Crippen LogP contribution in [0.3, 0.4) is 0 Å². The van der Waals surface area contributed by atoms with Gasteiger partial charge in [-0.05, 0) is 59.9 Å². The summed E-state index contributed by atoms with van der Waals surface area (Å²) in [6.07, 6.45) is 1.37. The summed E-state index contributed by atoms with van der Waals surface area (Å²) in [6.45, 7) is 0.711. The van der Waals surface area contributed by atoms with E-state index in [0.29, 0.717) is 23.7 Å². The van der Waals surface area contributed by atoms with Gasteiger partial charge in [0.2, 0.25) is 0 Å². The number of aryl methyl sites for hydroxylation is 3. The molecule has 0 aliphatic rings. The number of hydrogen-bond acceptors (Lipinski definition) is 3. The number of aliphatic carboxylic acids is 1. The van der Waals surface area contributed by atoms with Crippen LogP contribution in [0.1, 0.15) is 17.5 Å². The fraction of sp³-hybridized carbons (Fsp3) is 0.185. The number of carbonyl (C=O) groups is 1. The van der Waals surface area contributed by atoms with E-state index in [1.165, 1.54) is 5.56 Å². The Kier molecular flexibility index (Phi) is 7.10. The summed E-state index contributed by atoms with van der Waals surface area (Å²) in [5.41, 5.74) is 5.80. The summed E-state index contributed by atoms with van der Waals surface area (Å²) < 4.78 is 7.61. The monoisotopic (exact) mass is 460 g/mol. The molecule has 6 heteroatoms. The molecule has 33 heavy (non-hydrogen) atoms. The molecule has 0 saturated carbocycles. The minimum absolute atomic E-state index is 0.0767. The average Bonchev–Trinajstić information content (AvgIpc) is 3.26. The van der Waals surface area contributed by atoms with Crippen molar-refractivity contribution in [1.29, 1.82) is 0 Å². The molecule has 1 aromatic heterocycles. The maximum absolute atomic E-state index is 11.0. The summed E-state index contributed by atoms with van der Waals surface area (Å²) in [5, 5.41) is 14.7. The average molecular weight is 461 g/mol. The van der Waals surface area contributed by atoms with Crippen molar-refractivity contribution in [2.45, 2.75) is 25.8 Å². The Morgan fingerprint density at radius 2 is 1.73 bits per heavy atom. The lowest BCUT2D eigenvalue weighted by atomic mass is 10.0. The van der Waals surface area contributed by atoms with Gasteiger partial charge in [-0.1, -0.05) is 60.1 Å². The van der Waals surface area contributed by atoms with E-state index in [1.54, 1.807) is 7.11 Å². The van der Waals surface area contributed by atoms with Gasteiger partial charge in [0.15, 0.2) is 0 Å². The SMILES string of the molecule is COc1ccc(CCC(=O)O)cc1-c1cc(-c2ccc(Cl)cc2)n(CCc2ccccc2)n1. The quantitative estimate of drug-likeness (QED) is 0.326. The minimum Gasteiger partial charge on any atom is -0.496 e. The number of ether oxygens (including phenoxy) is 1. The third-order valence-electron chi connectivity index (χ3n) is 5.54. The Morgan fingerprint density at radius 1 is 0.970 bits per heavy atom. The largest absolute Gasteiger partial charge is 0.496 e. The van der Waals surface area contributed by atoms with Gasteiger partial charge in [0, 0.05) is 23.6 Å². The lowest BCUT2D eigenvalue weighted by Gasteiger charge is -2.09. The number of halogens is 1. The van der Waals surface area contributed by atoms with Gasteiger partial charge in [0.1, 0.15) is 5.75 Å². The summed E-state index contributed by atoms with van der Waals surface area (Å²) in [6, 6.07) is 25.8. The highest BCUT2D eigenvalue weighted by Gasteiger charge is 2.16. The predicted molar refractivity (Wildman–Crippen MR) is 131 cm³/mol. The molecule has 1 heterocycles. The van der Waals surface area contributed by atoms with Gasteiger partial charge in [-0.25, -0.2) is 0 Å². The van der Waals surface area contributed by atoms with E-state index >= 15 is 0 Å². The van der Waals surface area contributed by atoms with Gasteiger partial charge in [0.25, 0.3) is 0 Å². The number of nitrogens with zero attached hydrogens (tertiary/aromatic N) is 2. The summed E-state index contributed by atoms with van der Waals surface area (Å²) in [7, 11) is 1.63. The second-order valence-electron chi connectivity index (χ2n) is 7.81. The zero-order valence-electron chi connectivity index (χ0n) is 18.4. The number of benzene rings is 3. The van der Waals surface area contributed by atoms with Crippen LogP contribution in [0.25, 0.3) is 22.5 Å². The van der Waals surface area contributed by atoms with Crippen molar-refractivity contribution >= 4 is 17.6 Å². The molecule has 0 fully saturated rings. The zero-order valence-corrected chi connectivity index (χ0v) is 19.1. The number of carboxylic acids is 1. The second-order valence-corrected chi connectivity index (χ2v) is 8.25. The van der Waals surface area contributed by atoms with E-state index in [-0.39, 0.29) is 6.42 Å². The van der Waals surface area contributed by atoms with E-state index < -0.39 is 5.97 Å². The molecular weight excluding hydrogens is 436 g/mol. The minimum atomic E-state index is -0.817. The number of carboxylic acid groups (broad SMARTS) is 1. The molecule has 0 amide bonds. The molecule has 5 nitrogen and oxygen atoms in total. The standard InChI is InChI=1S/C27H25ClN2O3/c1-33-26-13-7-20(8-14-27(31)32)17-23(26)24-18-25(21-9-11-22(28)12-10-21)30(29-24)16-15-19-5-3-2-4-6-19/h2-7,9-13,17-18H,8,14-16H2,1H3,(H,31,32). The normalized spacial score (nSPS) is 10.8. The van der Waals surface area contributed by atoms with E-state index in [2.05, 4.69) is 12.1 Å². The number of methoxy groups -OCH3 is 1. The number of hydrogen-bond donors (Lipinski definition) is 1. The first-order valence-electron chi connectivity index (χ1n) is 10.8. The molecule has 0 aliphatic carbocycles. The van der Waals surface area contributed by atoms with E-state index in [4.69, 9.17) is 26.5 Å².